The van der Waals surface area contributed by atoms with Crippen molar-refractivity contribution < 1.29 is 22.8 Å². The monoisotopic (exact) mass is 645 g/mol. The molecule has 2 aliphatic rings. The van der Waals surface area contributed by atoms with Crippen LogP contribution in [0, 0.1) is 5.92 Å². The lowest BCUT2D eigenvalue weighted by Crippen LogP contribution is -2.55. The van der Waals surface area contributed by atoms with Crippen LogP contribution < -0.4 is 16.0 Å². The zero-order chi connectivity index (χ0) is 31.9. The first-order valence-electron chi connectivity index (χ1n) is 15.8. The summed E-state index contributed by atoms with van der Waals surface area (Å²) in [5, 5.41) is 9.83. The summed E-state index contributed by atoms with van der Waals surface area (Å²) in [4.78, 5) is 45.9. The van der Waals surface area contributed by atoms with Gasteiger partial charge in [-0.3, -0.25) is 19.3 Å². The number of rotatable bonds is 13. The predicted octanol–water partition coefficient (Wildman–Crippen LogP) is 3.32. The van der Waals surface area contributed by atoms with Crippen molar-refractivity contribution in [2.45, 2.75) is 83.7 Å². The topological polar surface area (TPSA) is 138 Å². The molecule has 0 bridgehead atoms. The van der Waals surface area contributed by atoms with Crippen molar-refractivity contribution in [1.82, 2.24) is 25.8 Å². The van der Waals surface area contributed by atoms with Crippen LogP contribution in [0.2, 0.25) is 0 Å². The van der Waals surface area contributed by atoms with Gasteiger partial charge in [0.2, 0.25) is 17.7 Å². The van der Waals surface area contributed by atoms with Crippen molar-refractivity contribution in [3.05, 3.63) is 40.9 Å². The zero-order valence-electron chi connectivity index (χ0n) is 26.2. The first-order chi connectivity index (χ1) is 20.9. The van der Waals surface area contributed by atoms with Crippen LogP contribution in [0.5, 0.6) is 0 Å². The highest BCUT2D eigenvalue weighted by Crippen LogP contribution is 2.28. The van der Waals surface area contributed by atoms with Gasteiger partial charge in [0.1, 0.15) is 6.04 Å². The largest absolute Gasteiger partial charge is 0.350 e. The van der Waals surface area contributed by atoms with Crippen LogP contribution in [0.3, 0.4) is 0 Å². The third-order valence-electron chi connectivity index (χ3n) is 8.68. The minimum absolute atomic E-state index is 0.0867. The molecule has 1 aromatic heterocycles. The third-order valence-corrected chi connectivity index (χ3v) is 11.3. The molecule has 1 saturated carbocycles. The number of aromatic nitrogens is 1. The molecule has 3 amide bonds. The molecule has 12 heteroatoms. The lowest BCUT2D eigenvalue weighted by atomic mass is 9.83. The van der Waals surface area contributed by atoms with Crippen LogP contribution in [0.25, 0.3) is 10.2 Å². The van der Waals surface area contributed by atoms with Crippen LogP contribution >= 0.6 is 11.3 Å². The molecule has 0 radical (unpaired) electrons. The van der Waals surface area contributed by atoms with Gasteiger partial charge in [-0.1, -0.05) is 52.7 Å². The van der Waals surface area contributed by atoms with Crippen LogP contribution in [0.1, 0.15) is 75.8 Å². The average molecular weight is 646 g/mol. The lowest BCUT2D eigenvalue weighted by Gasteiger charge is -2.32. The maximum atomic E-state index is 13.8. The van der Waals surface area contributed by atoms with E-state index in [2.05, 4.69) is 48.5 Å². The Bertz CT molecular complexity index is 1430. The number of benzene rings is 1. The van der Waals surface area contributed by atoms with Gasteiger partial charge in [-0.05, 0) is 42.4 Å². The Balaban J connectivity index is 1.43. The van der Waals surface area contributed by atoms with E-state index in [0.717, 1.165) is 47.3 Å². The average Bonchev–Trinajstić information content (AvgIpc) is 3.41. The molecule has 2 heterocycles. The second-order valence-electron chi connectivity index (χ2n) is 12.4. The molecular weight excluding hydrogens is 599 g/mol. The summed E-state index contributed by atoms with van der Waals surface area (Å²) in [6, 6.07) is 5.13. The molecule has 2 atom stereocenters. The summed E-state index contributed by atoms with van der Waals surface area (Å²) in [7, 11) is -3.01. The van der Waals surface area contributed by atoms with Gasteiger partial charge >= 0.3 is 0 Å². The van der Waals surface area contributed by atoms with E-state index < -0.39 is 15.9 Å². The highest BCUT2D eigenvalue weighted by Gasteiger charge is 2.30. The molecule has 0 spiro atoms. The van der Waals surface area contributed by atoms with Gasteiger partial charge in [-0.25, -0.2) is 13.4 Å². The number of carbonyl (C=O) groups is 3. The van der Waals surface area contributed by atoms with E-state index in [-0.39, 0.29) is 60.6 Å². The van der Waals surface area contributed by atoms with Gasteiger partial charge in [-0.15, -0.1) is 11.3 Å². The number of nitrogens with zero attached hydrogens (tertiary/aromatic N) is 2. The number of sulfone groups is 1. The fourth-order valence-electron chi connectivity index (χ4n) is 5.85. The van der Waals surface area contributed by atoms with Crippen LogP contribution in [0.15, 0.2) is 30.4 Å². The Labute approximate surface area is 265 Å². The molecule has 242 valence electrons. The summed E-state index contributed by atoms with van der Waals surface area (Å²) in [6.07, 6.45) is 5.72. The van der Waals surface area contributed by atoms with Crippen LogP contribution in [-0.4, -0.2) is 85.8 Å². The van der Waals surface area contributed by atoms with E-state index in [1.165, 1.54) is 5.56 Å². The smallest absolute Gasteiger partial charge is 0.247 e. The standard InChI is InChI=1S/C32H47N5O5S2/c1-5-29(38)34-26(18-30-35-25-12-11-24(21(2)3)17-28(25)43-30)32(40)36-27(23-9-7-6-8-10-23)19-33-31(39)22(4)20-37-13-15-44(41,42)16-14-37/h11-12,17,21,23,26-27H,4-10,13-16,18-20H2,1-3H3,(H,33,39)(H,34,38)(H,36,40)/t26-,27+/m0/s1. The number of amides is 3. The van der Waals surface area contributed by atoms with Crippen molar-refractivity contribution in [2.24, 2.45) is 5.92 Å². The number of nitrogens with one attached hydrogen (secondary N) is 3. The Hall–Kier alpha value is -2.83. The first-order valence-corrected chi connectivity index (χ1v) is 18.5. The van der Waals surface area contributed by atoms with E-state index in [9.17, 15) is 22.8 Å². The second kappa shape index (κ2) is 15.4. The molecule has 1 aliphatic carbocycles. The van der Waals surface area contributed by atoms with Crippen LogP contribution in [-0.2, 0) is 30.6 Å². The Kier molecular flexibility index (Phi) is 12.0. The molecule has 4 rings (SSSR count). The summed E-state index contributed by atoms with van der Waals surface area (Å²) in [6.45, 7) is 11.3. The van der Waals surface area contributed by atoms with Gasteiger partial charge in [0.05, 0.1) is 26.7 Å². The van der Waals surface area contributed by atoms with E-state index in [1.54, 1.807) is 18.3 Å². The number of thiazole rings is 1. The minimum Gasteiger partial charge on any atom is -0.350 e. The minimum atomic E-state index is -3.01. The number of carbonyl (C=O) groups excluding carboxylic acids is 3. The maximum absolute atomic E-state index is 13.8. The summed E-state index contributed by atoms with van der Waals surface area (Å²) in [5.41, 5.74) is 2.47. The fraction of sp³-hybridized carbons (Fsp3) is 0.625. The van der Waals surface area contributed by atoms with Crippen molar-refractivity contribution in [3.8, 4) is 0 Å². The van der Waals surface area contributed by atoms with Gasteiger partial charge < -0.3 is 16.0 Å². The Morgan fingerprint density at radius 1 is 1.09 bits per heavy atom. The van der Waals surface area contributed by atoms with E-state index in [1.807, 2.05) is 11.0 Å². The summed E-state index contributed by atoms with van der Waals surface area (Å²) < 4.78 is 24.5. The van der Waals surface area contributed by atoms with E-state index in [4.69, 9.17) is 4.98 Å². The summed E-state index contributed by atoms with van der Waals surface area (Å²) >= 11 is 1.54. The SMILES string of the molecule is C=C(CN1CCS(=O)(=O)CC1)C(=O)NC[C@@H](NC(=O)[C@H](Cc1nc2ccc(C(C)C)cc2s1)NC(=O)CC)C1CCCCC1. The molecule has 10 nitrogen and oxygen atoms in total. The normalized spacial score (nSPS) is 18.9. The zero-order valence-corrected chi connectivity index (χ0v) is 27.8. The number of hydrogen-bond donors (Lipinski definition) is 3. The van der Waals surface area contributed by atoms with Gasteiger partial charge in [0, 0.05) is 50.6 Å². The molecule has 2 fully saturated rings. The Morgan fingerprint density at radius 3 is 2.45 bits per heavy atom. The number of fused-ring (bicyclic) bond motifs is 1. The van der Waals surface area contributed by atoms with Crippen molar-refractivity contribution >= 4 is 49.1 Å². The van der Waals surface area contributed by atoms with Gasteiger partial charge in [-0.2, -0.15) is 0 Å². The molecule has 1 aliphatic heterocycles. The quantitative estimate of drug-likeness (QED) is 0.284. The van der Waals surface area contributed by atoms with Gasteiger partial charge in [0.15, 0.2) is 9.84 Å². The molecular formula is C32H47N5O5S2. The molecule has 3 N–H and O–H groups in total. The second-order valence-corrected chi connectivity index (χ2v) is 15.8. The van der Waals surface area contributed by atoms with E-state index in [0.29, 0.717) is 31.1 Å². The van der Waals surface area contributed by atoms with E-state index >= 15 is 0 Å². The van der Waals surface area contributed by atoms with Crippen LogP contribution in [0.4, 0.5) is 0 Å². The highest BCUT2D eigenvalue weighted by molar-refractivity contribution is 7.91. The third kappa shape index (κ3) is 9.58. The molecule has 1 aromatic carbocycles. The number of hydrogen-bond acceptors (Lipinski definition) is 8. The lowest BCUT2D eigenvalue weighted by molar-refractivity contribution is -0.129. The molecule has 0 unspecified atom stereocenters. The molecule has 2 aromatic rings. The maximum Gasteiger partial charge on any atom is 0.247 e. The fourth-order valence-corrected chi connectivity index (χ4v) is 8.19. The summed E-state index contributed by atoms with van der Waals surface area (Å²) in [5.74, 6) is -0.0324. The predicted molar refractivity (Wildman–Crippen MR) is 175 cm³/mol. The first kappa shape index (κ1) is 34.1. The van der Waals surface area contributed by atoms with Crippen molar-refractivity contribution in [3.63, 3.8) is 0 Å². The molecule has 44 heavy (non-hydrogen) atoms. The highest BCUT2D eigenvalue weighted by atomic mass is 32.2. The van der Waals surface area contributed by atoms with Crippen molar-refractivity contribution in [2.75, 3.05) is 37.7 Å². The Morgan fingerprint density at radius 2 is 1.80 bits per heavy atom. The molecule has 1 saturated heterocycles. The van der Waals surface area contributed by atoms with Crippen molar-refractivity contribution in [1.29, 1.82) is 0 Å². The van der Waals surface area contributed by atoms with Gasteiger partial charge in [0.25, 0.3) is 0 Å².